The fourth-order valence-corrected chi connectivity index (χ4v) is 2.81. The molecule has 0 aromatic heterocycles. The second kappa shape index (κ2) is 5.68. The third-order valence-electron chi connectivity index (χ3n) is 4.07. The van der Waals surface area contributed by atoms with Gasteiger partial charge < -0.3 is 9.84 Å². The maximum atomic E-state index is 10.0. The Hall–Kier alpha value is -1.80. The molecule has 1 N–H and O–H groups in total. The quantitative estimate of drug-likeness (QED) is 0.892. The summed E-state index contributed by atoms with van der Waals surface area (Å²) >= 11 is 0. The maximum Gasteiger partial charge on any atom is 0.125 e. The van der Waals surface area contributed by atoms with Crippen molar-refractivity contribution in [2.45, 2.75) is 31.8 Å². The molecule has 0 radical (unpaired) electrons. The third kappa shape index (κ3) is 2.44. The van der Waals surface area contributed by atoms with Crippen molar-refractivity contribution in [2.24, 2.45) is 0 Å². The number of aliphatic hydroxyl groups excluding tert-OH is 1. The molecule has 0 saturated carbocycles. The van der Waals surface area contributed by atoms with Crippen LogP contribution in [0.5, 0.6) is 5.75 Å². The van der Waals surface area contributed by atoms with Crippen molar-refractivity contribution in [3.63, 3.8) is 0 Å². The molecule has 0 saturated heterocycles. The molecule has 2 nitrogen and oxygen atoms in total. The van der Waals surface area contributed by atoms with Gasteiger partial charge in [0, 0.05) is 11.5 Å². The standard InChI is InChI=1S/C18H20O2/c1-2-17(19)16-9-5-6-10-18(16)20-12-14-11-13-7-3-4-8-15(13)14/h3-10,14,17,19H,2,11-12H2,1H3/t14?,17-/m0/s1. The van der Waals surface area contributed by atoms with E-state index >= 15 is 0 Å². The minimum Gasteiger partial charge on any atom is -0.493 e. The summed E-state index contributed by atoms with van der Waals surface area (Å²) in [7, 11) is 0. The SMILES string of the molecule is CC[C@H](O)c1ccccc1OCC1Cc2ccccc21. The van der Waals surface area contributed by atoms with Gasteiger partial charge in [-0.3, -0.25) is 0 Å². The van der Waals surface area contributed by atoms with Crippen molar-refractivity contribution in [2.75, 3.05) is 6.61 Å². The van der Waals surface area contributed by atoms with Crippen LogP contribution in [0.3, 0.4) is 0 Å². The van der Waals surface area contributed by atoms with Crippen LogP contribution >= 0.6 is 0 Å². The second-order valence-electron chi connectivity index (χ2n) is 5.37. The van der Waals surface area contributed by atoms with Crippen molar-refractivity contribution in [3.05, 3.63) is 65.2 Å². The van der Waals surface area contributed by atoms with Crippen LogP contribution in [0, 0.1) is 0 Å². The molecule has 3 rings (SSSR count). The van der Waals surface area contributed by atoms with Crippen LogP contribution in [0.15, 0.2) is 48.5 Å². The molecule has 1 unspecified atom stereocenters. The van der Waals surface area contributed by atoms with E-state index in [1.165, 1.54) is 11.1 Å². The van der Waals surface area contributed by atoms with E-state index in [1.807, 2.05) is 31.2 Å². The van der Waals surface area contributed by atoms with Crippen molar-refractivity contribution < 1.29 is 9.84 Å². The van der Waals surface area contributed by atoms with E-state index in [0.717, 1.165) is 17.7 Å². The van der Waals surface area contributed by atoms with Gasteiger partial charge in [0.2, 0.25) is 0 Å². The van der Waals surface area contributed by atoms with E-state index in [-0.39, 0.29) is 0 Å². The number of benzene rings is 2. The number of hydrogen-bond acceptors (Lipinski definition) is 2. The lowest BCUT2D eigenvalue weighted by Gasteiger charge is -2.30. The second-order valence-corrected chi connectivity index (χ2v) is 5.37. The molecular formula is C18H20O2. The molecule has 104 valence electrons. The Morgan fingerprint density at radius 1 is 1.15 bits per heavy atom. The average Bonchev–Trinajstić information content (AvgIpc) is 2.48. The Labute approximate surface area is 120 Å². The van der Waals surface area contributed by atoms with Gasteiger partial charge in [0.15, 0.2) is 0 Å². The Balaban J connectivity index is 1.68. The van der Waals surface area contributed by atoms with E-state index in [2.05, 4.69) is 24.3 Å². The first-order valence-corrected chi connectivity index (χ1v) is 7.27. The van der Waals surface area contributed by atoms with Crippen LogP contribution in [0.1, 0.15) is 42.1 Å². The highest BCUT2D eigenvalue weighted by atomic mass is 16.5. The van der Waals surface area contributed by atoms with Gasteiger partial charge >= 0.3 is 0 Å². The lowest BCUT2D eigenvalue weighted by molar-refractivity contribution is 0.165. The van der Waals surface area contributed by atoms with Gasteiger partial charge in [-0.05, 0) is 30.0 Å². The largest absolute Gasteiger partial charge is 0.493 e. The normalized spacial score (nSPS) is 18.0. The molecular weight excluding hydrogens is 248 g/mol. The topological polar surface area (TPSA) is 29.5 Å². The van der Waals surface area contributed by atoms with E-state index < -0.39 is 6.10 Å². The Morgan fingerprint density at radius 3 is 2.70 bits per heavy atom. The third-order valence-corrected chi connectivity index (χ3v) is 4.07. The summed E-state index contributed by atoms with van der Waals surface area (Å²) < 4.78 is 5.96. The van der Waals surface area contributed by atoms with Gasteiger partial charge in [-0.2, -0.15) is 0 Å². The van der Waals surface area contributed by atoms with Crippen molar-refractivity contribution in [1.29, 1.82) is 0 Å². The summed E-state index contributed by atoms with van der Waals surface area (Å²) in [5.41, 5.74) is 3.73. The highest BCUT2D eigenvalue weighted by Gasteiger charge is 2.26. The summed E-state index contributed by atoms with van der Waals surface area (Å²) in [6.45, 7) is 2.66. The average molecular weight is 268 g/mol. The smallest absolute Gasteiger partial charge is 0.125 e. The molecule has 0 bridgehead atoms. The monoisotopic (exact) mass is 268 g/mol. The minimum absolute atomic E-state index is 0.445. The zero-order valence-electron chi connectivity index (χ0n) is 11.8. The van der Waals surface area contributed by atoms with Crippen molar-refractivity contribution >= 4 is 0 Å². The van der Waals surface area contributed by atoms with Crippen LogP contribution in [-0.2, 0) is 6.42 Å². The zero-order chi connectivity index (χ0) is 13.9. The Kier molecular flexibility index (Phi) is 3.75. The number of rotatable bonds is 5. The molecule has 0 spiro atoms. The van der Waals surface area contributed by atoms with Gasteiger partial charge in [0.25, 0.3) is 0 Å². The first kappa shape index (κ1) is 13.2. The van der Waals surface area contributed by atoms with E-state index in [4.69, 9.17) is 4.74 Å². The van der Waals surface area contributed by atoms with Crippen LogP contribution in [-0.4, -0.2) is 11.7 Å². The molecule has 20 heavy (non-hydrogen) atoms. The van der Waals surface area contributed by atoms with Gasteiger partial charge in [-0.1, -0.05) is 49.4 Å². The lowest BCUT2D eigenvalue weighted by Crippen LogP contribution is -2.23. The van der Waals surface area contributed by atoms with Gasteiger partial charge in [0.05, 0.1) is 12.7 Å². The van der Waals surface area contributed by atoms with Crippen LogP contribution in [0.25, 0.3) is 0 Å². The van der Waals surface area contributed by atoms with Gasteiger partial charge in [-0.15, -0.1) is 0 Å². The first-order chi connectivity index (χ1) is 9.79. The van der Waals surface area contributed by atoms with E-state index in [1.54, 1.807) is 0 Å². The van der Waals surface area contributed by atoms with E-state index in [9.17, 15) is 5.11 Å². The van der Waals surface area contributed by atoms with Gasteiger partial charge in [-0.25, -0.2) is 0 Å². The number of aliphatic hydroxyl groups is 1. The Morgan fingerprint density at radius 2 is 1.90 bits per heavy atom. The summed E-state index contributed by atoms with van der Waals surface area (Å²) in [5, 5.41) is 10.0. The molecule has 0 aliphatic heterocycles. The Bertz CT molecular complexity index is 591. The fourth-order valence-electron chi connectivity index (χ4n) is 2.81. The molecule has 1 aliphatic rings. The predicted octanol–water partition coefficient (Wildman–Crippen LogP) is 3.85. The lowest BCUT2D eigenvalue weighted by atomic mass is 9.78. The zero-order valence-corrected chi connectivity index (χ0v) is 11.8. The van der Waals surface area contributed by atoms with Crippen LogP contribution in [0.2, 0.25) is 0 Å². The molecule has 1 aliphatic carbocycles. The maximum absolute atomic E-state index is 10.0. The summed E-state index contributed by atoms with van der Waals surface area (Å²) in [6, 6.07) is 16.3. The van der Waals surface area contributed by atoms with Crippen molar-refractivity contribution in [3.8, 4) is 5.75 Å². The highest BCUT2D eigenvalue weighted by Crippen LogP contribution is 2.36. The molecule has 2 heteroatoms. The fraction of sp³-hybridized carbons (Fsp3) is 0.333. The molecule has 2 aromatic rings. The summed E-state index contributed by atoms with van der Waals surface area (Å²) in [6.07, 6.45) is 1.35. The predicted molar refractivity (Wildman–Crippen MR) is 80.1 cm³/mol. The highest BCUT2D eigenvalue weighted by molar-refractivity contribution is 5.40. The van der Waals surface area contributed by atoms with Gasteiger partial charge in [0.1, 0.15) is 5.75 Å². The first-order valence-electron chi connectivity index (χ1n) is 7.27. The number of fused-ring (bicyclic) bond motifs is 1. The summed E-state index contributed by atoms with van der Waals surface area (Å²) in [5.74, 6) is 1.30. The molecule has 2 aromatic carbocycles. The molecule has 2 atom stereocenters. The number of para-hydroxylation sites is 1. The molecule has 0 heterocycles. The minimum atomic E-state index is -0.445. The van der Waals surface area contributed by atoms with Crippen molar-refractivity contribution in [1.82, 2.24) is 0 Å². The summed E-state index contributed by atoms with van der Waals surface area (Å²) in [4.78, 5) is 0. The van der Waals surface area contributed by atoms with Crippen LogP contribution in [0.4, 0.5) is 0 Å². The number of ether oxygens (including phenoxy) is 1. The van der Waals surface area contributed by atoms with E-state index in [0.29, 0.717) is 18.9 Å². The van der Waals surface area contributed by atoms with Crippen LogP contribution < -0.4 is 4.74 Å². The molecule has 0 fully saturated rings. The molecule has 0 amide bonds. The number of hydrogen-bond donors (Lipinski definition) is 1.